The number of hydrogen-bond donors (Lipinski definition) is 1. The molecule has 1 atom stereocenters. The molecule has 0 saturated carbocycles. The first-order chi connectivity index (χ1) is 10.1. The Balaban J connectivity index is 3.00. The quantitative estimate of drug-likeness (QED) is 0.785. The van der Waals surface area contributed by atoms with Crippen molar-refractivity contribution in [1.82, 2.24) is 5.32 Å². The summed E-state index contributed by atoms with van der Waals surface area (Å²) in [6.07, 6.45) is 4.06. The molecule has 0 aliphatic rings. The maximum absolute atomic E-state index is 11.8. The Hall–Kier alpha value is -2.17. The van der Waals surface area contributed by atoms with E-state index in [1.165, 1.54) is 6.08 Å². The molecular formula is C16H23NO4. The number of ether oxygens (including phenoxy) is 3. The fourth-order valence-electron chi connectivity index (χ4n) is 1.81. The number of nitrogens with one attached hydrogen (secondary N) is 1. The third kappa shape index (κ3) is 4.41. The van der Waals surface area contributed by atoms with Crippen molar-refractivity contribution in [2.45, 2.75) is 26.3 Å². The summed E-state index contributed by atoms with van der Waals surface area (Å²) in [5.41, 5.74) is 0.745. The highest BCUT2D eigenvalue weighted by Gasteiger charge is 2.14. The molecule has 1 aromatic rings. The van der Waals surface area contributed by atoms with E-state index in [1.807, 2.05) is 19.9 Å². The highest BCUT2D eigenvalue weighted by molar-refractivity contribution is 5.92. The molecule has 0 bridgehead atoms. The Labute approximate surface area is 125 Å². The van der Waals surface area contributed by atoms with E-state index in [-0.39, 0.29) is 11.9 Å². The SMILES string of the molecule is CCC(C)NC(=O)C=Cc1ccc(OC)c(OC)c1OC. The summed E-state index contributed by atoms with van der Waals surface area (Å²) in [6.45, 7) is 3.98. The third-order valence-electron chi connectivity index (χ3n) is 3.15. The molecule has 0 saturated heterocycles. The smallest absolute Gasteiger partial charge is 0.244 e. The second-order valence-corrected chi connectivity index (χ2v) is 4.57. The molecule has 21 heavy (non-hydrogen) atoms. The Morgan fingerprint density at radius 2 is 1.86 bits per heavy atom. The van der Waals surface area contributed by atoms with Crippen LogP contribution in [0.3, 0.4) is 0 Å². The van der Waals surface area contributed by atoms with Gasteiger partial charge in [-0.05, 0) is 31.6 Å². The van der Waals surface area contributed by atoms with E-state index < -0.39 is 0 Å². The van der Waals surface area contributed by atoms with E-state index in [0.717, 1.165) is 12.0 Å². The molecule has 1 amide bonds. The number of amides is 1. The Morgan fingerprint density at radius 1 is 1.19 bits per heavy atom. The minimum absolute atomic E-state index is 0.138. The average Bonchev–Trinajstić information content (AvgIpc) is 2.51. The Morgan fingerprint density at radius 3 is 2.38 bits per heavy atom. The zero-order valence-electron chi connectivity index (χ0n) is 13.2. The van der Waals surface area contributed by atoms with E-state index in [9.17, 15) is 4.79 Å². The van der Waals surface area contributed by atoms with Crippen molar-refractivity contribution in [3.8, 4) is 17.2 Å². The zero-order valence-corrected chi connectivity index (χ0v) is 13.2. The third-order valence-corrected chi connectivity index (χ3v) is 3.15. The van der Waals surface area contributed by atoms with Crippen molar-refractivity contribution in [1.29, 1.82) is 0 Å². The van der Waals surface area contributed by atoms with Gasteiger partial charge in [0, 0.05) is 17.7 Å². The predicted octanol–water partition coefficient (Wildman–Crippen LogP) is 2.64. The summed E-state index contributed by atoms with van der Waals surface area (Å²) in [7, 11) is 4.66. The standard InChI is InChI=1S/C16H23NO4/c1-6-11(2)17-14(18)10-8-12-7-9-13(19-3)16(21-5)15(12)20-4/h7-11H,6H2,1-5H3,(H,17,18). The summed E-state index contributed by atoms with van der Waals surface area (Å²) < 4.78 is 15.9. The first-order valence-electron chi connectivity index (χ1n) is 6.84. The summed E-state index contributed by atoms with van der Waals surface area (Å²) >= 11 is 0. The Kier molecular flexibility index (Phi) is 6.59. The maximum Gasteiger partial charge on any atom is 0.244 e. The van der Waals surface area contributed by atoms with Crippen LogP contribution in [0.4, 0.5) is 0 Å². The maximum atomic E-state index is 11.8. The lowest BCUT2D eigenvalue weighted by Crippen LogP contribution is -2.30. The van der Waals surface area contributed by atoms with Gasteiger partial charge in [0.05, 0.1) is 21.3 Å². The van der Waals surface area contributed by atoms with Crippen molar-refractivity contribution in [3.05, 3.63) is 23.8 Å². The first-order valence-corrected chi connectivity index (χ1v) is 6.84. The predicted molar refractivity (Wildman–Crippen MR) is 83.0 cm³/mol. The van der Waals surface area contributed by atoms with Gasteiger partial charge in [0.15, 0.2) is 11.5 Å². The van der Waals surface area contributed by atoms with Gasteiger partial charge in [0.25, 0.3) is 0 Å². The van der Waals surface area contributed by atoms with Crippen LogP contribution in [0.2, 0.25) is 0 Å². The highest BCUT2D eigenvalue weighted by Crippen LogP contribution is 2.40. The zero-order chi connectivity index (χ0) is 15.8. The minimum atomic E-state index is -0.138. The van der Waals surface area contributed by atoms with E-state index in [0.29, 0.717) is 17.2 Å². The van der Waals surface area contributed by atoms with Crippen molar-refractivity contribution in [2.75, 3.05) is 21.3 Å². The largest absolute Gasteiger partial charge is 0.493 e. The molecule has 0 aliphatic heterocycles. The number of methoxy groups -OCH3 is 3. The molecule has 1 N–H and O–H groups in total. The number of benzene rings is 1. The lowest BCUT2D eigenvalue weighted by Gasteiger charge is -2.14. The van der Waals surface area contributed by atoms with E-state index in [4.69, 9.17) is 14.2 Å². The van der Waals surface area contributed by atoms with Gasteiger partial charge in [0.2, 0.25) is 11.7 Å². The molecular weight excluding hydrogens is 270 g/mol. The van der Waals surface area contributed by atoms with Crippen LogP contribution in [0.5, 0.6) is 17.2 Å². The summed E-state index contributed by atoms with van der Waals surface area (Å²) in [5, 5.41) is 2.87. The van der Waals surface area contributed by atoms with Crippen LogP contribution in [0, 0.1) is 0 Å². The lowest BCUT2D eigenvalue weighted by molar-refractivity contribution is -0.117. The summed E-state index contributed by atoms with van der Waals surface area (Å²) in [6, 6.07) is 3.73. The molecule has 0 radical (unpaired) electrons. The molecule has 1 rings (SSSR count). The van der Waals surface area contributed by atoms with Gasteiger partial charge in [-0.25, -0.2) is 0 Å². The van der Waals surface area contributed by atoms with Gasteiger partial charge in [-0.2, -0.15) is 0 Å². The number of hydrogen-bond acceptors (Lipinski definition) is 4. The second kappa shape index (κ2) is 8.19. The van der Waals surface area contributed by atoms with Crippen LogP contribution < -0.4 is 19.5 Å². The number of rotatable bonds is 7. The van der Waals surface area contributed by atoms with Crippen LogP contribution >= 0.6 is 0 Å². The average molecular weight is 293 g/mol. The van der Waals surface area contributed by atoms with Gasteiger partial charge in [-0.3, -0.25) is 4.79 Å². The van der Waals surface area contributed by atoms with Gasteiger partial charge in [-0.1, -0.05) is 6.92 Å². The summed E-state index contributed by atoms with van der Waals surface area (Å²) in [5.74, 6) is 1.48. The Bertz CT molecular complexity index is 511. The minimum Gasteiger partial charge on any atom is -0.493 e. The van der Waals surface area contributed by atoms with Crippen molar-refractivity contribution in [2.24, 2.45) is 0 Å². The van der Waals surface area contributed by atoms with E-state index in [1.54, 1.807) is 33.5 Å². The molecule has 1 unspecified atom stereocenters. The van der Waals surface area contributed by atoms with Crippen LogP contribution in [-0.2, 0) is 4.79 Å². The number of carbonyl (C=O) groups is 1. The van der Waals surface area contributed by atoms with Crippen LogP contribution in [0.25, 0.3) is 6.08 Å². The van der Waals surface area contributed by atoms with E-state index >= 15 is 0 Å². The molecule has 0 spiro atoms. The first kappa shape index (κ1) is 16.9. The normalized spacial score (nSPS) is 12.0. The molecule has 0 aliphatic carbocycles. The van der Waals surface area contributed by atoms with Crippen molar-refractivity contribution >= 4 is 12.0 Å². The van der Waals surface area contributed by atoms with Crippen LogP contribution in [-0.4, -0.2) is 33.3 Å². The second-order valence-electron chi connectivity index (χ2n) is 4.57. The fraction of sp³-hybridized carbons (Fsp3) is 0.438. The van der Waals surface area contributed by atoms with Gasteiger partial charge >= 0.3 is 0 Å². The summed E-state index contributed by atoms with van der Waals surface area (Å²) in [4.78, 5) is 11.8. The van der Waals surface area contributed by atoms with Crippen molar-refractivity contribution in [3.63, 3.8) is 0 Å². The van der Waals surface area contributed by atoms with Crippen LogP contribution in [0.15, 0.2) is 18.2 Å². The molecule has 5 nitrogen and oxygen atoms in total. The van der Waals surface area contributed by atoms with Gasteiger partial charge in [-0.15, -0.1) is 0 Å². The van der Waals surface area contributed by atoms with Gasteiger partial charge in [0.1, 0.15) is 0 Å². The highest BCUT2D eigenvalue weighted by atomic mass is 16.5. The van der Waals surface area contributed by atoms with Gasteiger partial charge < -0.3 is 19.5 Å². The fourth-order valence-corrected chi connectivity index (χ4v) is 1.81. The number of carbonyl (C=O) groups excluding carboxylic acids is 1. The molecule has 5 heteroatoms. The topological polar surface area (TPSA) is 56.8 Å². The monoisotopic (exact) mass is 293 g/mol. The van der Waals surface area contributed by atoms with E-state index in [2.05, 4.69) is 5.32 Å². The molecule has 0 heterocycles. The van der Waals surface area contributed by atoms with Crippen molar-refractivity contribution < 1.29 is 19.0 Å². The molecule has 1 aromatic carbocycles. The molecule has 0 fully saturated rings. The molecule has 116 valence electrons. The van der Waals surface area contributed by atoms with Crippen LogP contribution in [0.1, 0.15) is 25.8 Å². The lowest BCUT2D eigenvalue weighted by atomic mass is 10.1. The molecule has 0 aromatic heterocycles.